The standard InChI is InChI=1S/C17H20F2N6O2S/c1-9-5-6-11-14(9)21-12-4-2-3-10(12)15(11)22-17(26)24-28(20,27)13-7-8-25(23-13)16(18)19/h7-9,16H,2-6H2,1H3,(H3,20,21,22,24,26,27)/t9?,28-/m0/s1. The lowest BCUT2D eigenvalue weighted by Crippen LogP contribution is -2.20. The summed E-state index contributed by atoms with van der Waals surface area (Å²) in [6.45, 7) is -0.802. The van der Waals surface area contributed by atoms with Crippen molar-refractivity contribution in [2.24, 2.45) is 9.50 Å². The summed E-state index contributed by atoms with van der Waals surface area (Å²) < 4.78 is 41.7. The van der Waals surface area contributed by atoms with Crippen molar-refractivity contribution in [2.75, 3.05) is 5.32 Å². The Morgan fingerprint density at radius 3 is 2.89 bits per heavy atom. The maximum atomic E-state index is 12.7. The van der Waals surface area contributed by atoms with Crippen LogP contribution in [0.2, 0.25) is 0 Å². The van der Waals surface area contributed by atoms with Crippen LogP contribution in [0.5, 0.6) is 0 Å². The molecule has 2 atom stereocenters. The third-order valence-electron chi connectivity index (χ3n) is 5.18. The molecule has 0 saturated carbocycles. The molecule has 11 heteroatoms. The Kier molecular flexibility index (Phi) is 4.66. The first-order valence-corrected chi connectivity index (χ1v) is 10.6. The molecule has 4 rings (SSSR count). The summed E-state index contributed by atoms with van der Waals surface area (Å²) >= 11 is 0. The molecular weight excluding hydrogens is 390 g/mol. The highest BCUT2D eigenvalue weighted by atomic mass is 32.2. The lowest BCUT2D eigenvalue weighted by Gasteiger charge is -2.15. The van der Waals surface area contributed by atoms with Crippen LogP contribution in [0.4, 0.5) is 19.3 Å². The van der Waals surface area contributed by atoms with Gasteiger partial charge in [-0.05, 0) is 55.2 Å². The Balaban J connectivity index is 1.67. The predicted octanol–water partition coefficient (Wildman–Crippen LogP) is 3.14. The number of nitrogens with zero attached hydrogens (tertiary/aromatic N) is 4. The van der Waals surface area contributed by atoms with Crippen LogP contribution in [-0.2, 0) is 29.2 Å². The van der Waals surface area contributed by atoms with Crippen molar-refractivity contribution in [1.82, 2.24) is 14.8 Å². The molecule has 28 heavy (non-hydrogen) atoms. The molecule has 0 spiro atoms. The first-order valence-electron chi connectivity index (χ1n) is 9.00. The number of anilines is 1. The number of carbonyl (C=O) groups is 1. The van der Waals surface area contributed by atoms with Crippen molar-refractivity contribution in [2.45, 2.75) is 56.5 Å². The van der Waals surface area contributed by atoms with Crippen LogP contribution >= 0.6 is 0 Å². The molecular formula is C17H20F2N6O2S. The summed E-state index contributed by atoms with van der Waals surface area (Å²) in [6, 6.07) is 0.176. The average molecular weight is 410 g/mol. The monoisotopic (exact) mass is 410 g/mol. The number of nitrogens with two attached hydrogens (primary N) is 1. The largest absolute Gasteiger partial charge is 0.354 e. The van der Waals surface area contributed by atoms with Crippen molar-refractivity contribution in [3.63, 3.8) is 0 Å². The van der Waals surface area contributed by atoms with Crippen LogP contribution in [0, 0.1) is 0 Å². The molecule has 150 valence electrons. The Morgan fingerprint density at radius 2 is 2.18 bits per heavy atom. The van der Waals surface area contributed by atoms with Gasteiger partial charge in [-0.15, -0.1) is 4.36 Å². The molecule has 0 saturated heterocycles. The zero-order valence-corrected chi connectivity index (χ0v) is 16.0. The zero-order chi connectivity index (χ0) is 20.1. The predicted molar refractivity (Wildman–Crippen MR) is 98.5 cm³/mol. The summed E-state index contributed by atoms with van der Waals surface area (Å²) in [4.78, 5) is 17.3. The normalized spacial score (nSPS) is 20.0. The number of amides is 2. The summed E-state index contributed by atoms with van der Waals surface area (Å²) in [5, 5.41) is 11.4. The first kappa shape index (κ1) is 18.9. The van der Waals surface area contributed by atoms with Crippen molar-refractivity contribution < 1.29 is 17.8 Å². The maximum Gasteiger partial charge on any atom is 0.354 e. The second kappa shape index (κ2) is 6.89. The lowest BCUT2D eigenvalue weighted by molar-refractivity contribution is 0.0554. The maximum absolute atomic E-state index is 12.7. The van der Waals surface area contributed by atoms with Gasteiger partial charge in [0.25, 0.3) is 0 Å². The number of aryl methyl sites for hydroxylation is 1. The molecule has 2 aromatic rings. The second-order valence-electron chi connectivity index (χ2n) is 7.07. The SMILES string of the molecule is CC1CCc2c1nc1c(c2NC(=O)N=[S@](N)(=O)c2ccn(C(F)F)n2)CCC1. The molecule has 3 N–H and O–H groups in total. The summed E-state index contributed by atoms with van der Waals surface area (Å²) in [7, 11) is -3.75. The smallest absolute Gasteiger partial charge is 0.305 e. The van der Waals surface area contributed by atoms with E-state index >= 15 is 0 Å². The topological polar surface area (TPSA) is 115 Å². The fourth-order valence-corrected chi connectivity index (χ4v) is 4.69. The minimum atomic E-state index is -3.75. The molecule has 2 aliphatic rings. The molecule has 0 radical (unpaired) electrons. The van der Waals surface area contributed by atoms with E-state index in [1.165, 1.54) is 0 Å². The number of alkyl halides is 2. The van der Waals surface area contributed by atoms with E-state index in [1.807, 2.05) is 0 Å². The quantitative estimate of drug-likeness (QED) is 0.809. The number of carbonyl (C=O) groups excluding carboxylic acids is 1. The zero-order valence-electron chi connectivity index (χ0n) is 15.2. The van der Waals surface area contributed by atoms with Crippen LogP contribution in [0.15, 0.2) is 21.7 Å². The van der Waals surface area contributed by atoms with Gasteiger partial charge in [-0.2, -0.15) is 13.9 Å². The number of hydrogen-bond donors (Lipinski definition) is 2. The van der Waals surface area contributed by atoms with E-state index in [2.05, 4.69) is 21.7 Å². The minimum absolute atomic E-state index is 0.305. The number of nitrogens with one attached hydrogen (secondary N) is 1. The Bertz CT molecular complexity index is 1070. The van der Waals surface area contributed by atoms with Crippen molar-refractivity contribution in [3.05, 3.63) is 34.8 Å². The number of urea groups is 1. The number of halogens is 2. The Hall–Kier alpha value is -2.40. The van der Waals surface area contributed by atoms with E-state index in [0.29, 0.717) is 16.3 Å². The first-order chi connectivity index (χ1) is 13.3. The van der Waals surface area contributed by atoms with Crippen molar-refractivity contribution in [1.29, 1.82) is 0 Å². The Morgan fingerprint density at radius 1 is 1.39 bits per heavy atom. The van der Waals surface area contributed by atoms with Gasteiger partial charge in [-0.1, -0.05) is 6.92 Å². The van der Waals surface area contributed by atoms with E-state index in [0.717, 1.165) is 66.9 Å². The van der Waals surface area contributed by atoms with Crippen LogP contribution in [0.3, 0.4) is 0 Å². The van der Waals surface area contributed by atoms with Gasteiger partial charge in [0.05, 0.1) is 5.69 Å². The molecule has 0 aromatic carbocycles. The van der Waals surface area contributed by atoms with Crippen LogP contribution < -0.4 is 10.5 Å². The molecule has 8 nitrogen and oxygen atoms in total. The molecule has 0 aliphatic heterocycles. The molecule has 2 amide bonds. The molecule has 0 fully saturated rings. The van der Waals surface area contributed by atoms with Gasteiger partial charge < -0.3 is 5.32 Å². The molecule has 2 heterocycles. The third kappa shape index (κ3) is 3.28. The van der Waals surface area contributed by atoms with Crippen molar-refractivity contribution in [3.8, 4) is 0 Å². The van der Waals surface area contributed by atoms with Gasteiger partial charge in [0.2, 0.25) is 0 Å². The summed E-state index contributed by atoms with van der Waals surface area (Å²) in [5.41, 5.74) is 4.63. The summed E-state index contributed by atoms with van der Waals surface area (Å²) in [6.07, 6.45) is 5.29. The molecule has 2 aromatic heterocycles. The number of aromatic nitrogens is 3. The molecule has 2 aliphatic carbocycles. The second-order valence-corrected chi connectivity index (χ2v) is 8.81. The number of hydrogen-bond acceptors (Lipinski definition) is 4. The number of pyridine rings is 1. The number of rotatable bonds is 3. The fourth-order valence-electron chi connectivity index (χ4n) is 3.84. The van der Waals surface area contributed by atoms with Gasteiger partial charge >= 0.3 is 12.6 Å². The van der Waals surface area contributed by atoms with E-state index in [-0.39, 0.29) is 5.03 Å². The molecule has 0 bridgehead atoms. The van der Waals surface area contributed by atoms with Crippen LogP contribution in [0.25, 0.3) is 0 Å². The van der Waals surface area contributed by atoms with Crippen LogP contribution in [0.1, 0.15) is 54.7 Å². The highest BCUT2D eigenvalue weighted by molar-refractivity contribution is 7.91. The fraction of sp³-hybridized carbons (Fsp3) is 0.471. The third-order valence-corrected chi connectivity index (χ3v) is 6.44. The summed E-state index contributed by atoms with van der Waals surface area (Å²) in [5.74, 6) is 0.311. The highest BCUT2D eigenvalue weighted by Crippen LogP contribution is 2.41. The van der Waals surface area contributed by atoms with E-state index < -0.39 is 22.5 Å². The van der Waals surface area contributed by atoms with E-state index in [4.69, 9.17) is 10.1 Å². The molecule has 1 unspecified atom stereocenters. The van der Waals surface area contributed by atoms with Crippen molar-refractivity contribution >= 4 is 21.6 Å². The highest BCUT2D eigenvalue weighted by Gasteiger charge is 2.30. The van der Waals surface area contributed by atoms with Crippen LogP contribution in [-0.4, -0.2) is 25.0 Å². The lowest BCUT2D eigenvalue weighted by atomic mass is 10.0. The van der Waals surface area contributed by atoms with Gasteiger partial charge in [0.1, 0.15) is 0 Å². The number of fused-ring (bicyclic) bond motifs is 2. The minimum Gasteiger partial charge on any atom is -0.305 e. The van der Waals surface area contributed by atoms with Gasteiger partial charge in [-0.25, -0.2) is 18.8 Å². The van der Waals surface area contributed by atoms with E-state index in [9.17, 15) is 17.8 Å². The average Bonchev–Trinajstić information content (AvgIpc) is 3.34. The van der Waals surface area contributed by atoms with E-state index in [1.54, 1.807) is 0 Å². The van der Waals surface area contributed by atoms with Gasteiger partial charge in [0, 0.05) is 17.6 Å². The van der Waals surface area contributed by atoms with Gasteiger partial charge in [0.15, 0.2) is 14.9 Å². The van der Waals surface area contributed by atoms with Gasteiger partial charge in [-0.3, -0.25) is 4.98 Å². The Labute approximate surface area is 160 Å².